The lowest BCUT2D eigenvalue weighted by atomic mass is 10.2. The molecule has 0 heterocycles. The summed E-state index contributed by atoms with van der Waals surface area (Å²) in [6.07, 6.45) is 2.39. The highest BCUT2D eigenvalue weighted by atomic mass is 32.2. The largest absolute Gasteiger partial charge is 0.250 e. The summed E-state index contributed by atoms with van der Waals surface area (Å²) < 4.78 is 24.6. The molecule has 0 spiro atoms. The normalized spacial score (nSPS) is 12.1. The van der Waals surface area contributed by atoms with Crippen LogP contribution in [0.2, 0.25) is 0 Å². The first-order chi connectivity index (χ1) is 5.58. The Labute approximate surface area is 71.8 Å². The average Bonchev–Trinajstić information content (AvgIpc) is 2.02. The maximum absolute atomic E-state index is 10.6. The molecule has 0 aliphatic heterocycles. The maximum atomic E-state index is 10.6. The summed E-state index contributed by atoms with van der Waals surface area (Å²) in [5, 5.41) is 0. The van der Waals surface area contributed by atoms with Crippen LogP contribution in [-0.4, -0.2) is 20.9 Å². The van der Waals surface area contributed by atoms with Crippen LogP contribution in [-0.2, 0) is 10.0 Å². The van der Waals surface area contributed by atoms with E-state index in [-0.39, 0.29) is 0 Å². The monoisotopic (exact) mass is 183 g/mol. The van der Waals surface area contributed by atoms with E-state index in [9.17, 15) is 8.42 Å². The second-order valence-corrected chi connectivity index (χ2v) is 4.06. The highest BCUT2D eigenvalue weighted by Gasteiger charge is 1.92. The van der Waals surface area contributed by atoms with Gasteiger partial charge in [-0.2, -0.15) is 4.40 Å². The van der Waals surface area contributed by atoms with Crippen LogP contribution >= 0.6 is 0 Å². The fourth-order valence-corrected chi connectivity index (χ4v) is 1.01. The summed E-state index contributed by atoms with van der Waals surface area (Å²) in [6.45, 7) is 0. The van der Waals surface area contributed by atoms with Crippen molar-refractivity contribution in [3.63, 3.8) is 0 Å². The molecular weight excluding hydrogens is 174 g/mol. The summed E-state index contributed by atoms with van der Waals surface area (Å²) in [4.78, 5) is 0. The van der Waals surface area contributed by atoms with Gasteiger partial charge in [0.05, 0.1) is 6.26 Å². The molecule has 0 bridgehead atoms. The van der Waals surface area contributed by atoms with Crippen molar-refractivity contribution >= 4 is 16.2 Å². The van der Waals surface area contributed by atoms with E-state index in [4.69, 9.17) is 0 Å². The molecule has 0 saturated heterocycles. The molecule has 0 saturated carbocycles. The zero-order chi connectivity index (χ0) is 9.03. The predicted octanol–water partition coefficient (Wildman–Crippen LogP) is 1.07. The molecule has 0 radical (unpaired) electrons. The van der Waals surface area contributed by atoms with Crippen LogP contribution in [0.15, 0.2) is 34.7 Å². The molecule has 0 fully saturated rings. The smallest absolute Gasteiger partial charge is 0.205 e. The molecule has 12 heavy (non-hydrogen) atoms. The topological polar surface area (TPSA) is 46.5 Å². The van der Waals surface area contributed by atoms with Gasteiger partial charge in [-0.15, -0.1) is 0 Å². The molecule has 0 aliphatic rings. The Morgan fingerprint density at radius 2 is 1.83 bits per heavy atom. The molecule has 3 nitrogen and oxygen atoms in total. The summed E-state index contributed by atoms with van der Waals surface area (Å²) >= 11 is 0. The van der Waals surface area contributed by atoms with E-state index >= 15 is 0 Å². The maximum Gasteiger partial charge on any atom is 0.250 e. The molecule has 1 aromatic rings. The van der Waals surface area contributed by atoms with Gasteiger partial charge in [-0.3, -0.25) is 0 Å². The third kappa shape index (κ3) is 3.30. The molecule has 1 aromatic carbocycles. The van der Waals surface area contributed by atoms with Crippen molar-refractivity contribution in [3.8, 4) is 0 Å². The zero-order valence-electron chi connectivity index (χ0n) is 6.64. The summed E-state index contributed by atoms with van der Waals surface area (Å²) in [7, 11) is -3.25. The van der Waals surface area contributed by atoms with Gasteiger partial charge in [0.1, 0.15) is 0 Å². The van der Waals surface area contributed by atoms with Gasteiger partial charge >= 0.3 is 0 Å². The second-order valence-electron chi connectivity index (χ2n) is 2.38. The van der Waals surface area contributed by atoms with Crippen LogP contribution in [0.25, 0.3) is 0 Å². The Morgan fingerprint density at radius 1 is 1.25 bits per heavy atom. The van der Waals surface area contributed by atoms with Crippen LogP contribution in [0.5, 0.6) is 0 Å². The van der Waals surface area contributed by atoms with Crippen molar-refractivity contribution in [2.45, 2.75) is 0 Å². The summed E-state index contributed by atoms with van der Waals surface area (Å²) in [6, 6.07) is 9.08. The van der Waals surface area contributed by atoms with Gasteiger partial charge in [0, 0.05) is 6.21 Å². The van der Waals surface area contributed by atoms with Crippen molar-refractivity contribution in [2.24, 2.45) is 4.40 Å². The number of sulfonamides is 1. The van der Waals surface area contributed by atoms with Crippen LogP contribution in [0, 0.1) is 0 Å². The molecular formula is C8H9NO2S. The van der Waals surface area contributed by atoms with E-state index in [0.717, 1.165) is 11.8 Å². The number of nitrogens with zero attached hydrogens (tertiary/aromatic N) is 1. The minimum atomic E-state index is -3.25. The van der Waals surface area contributed by atoms with Crippen LogP contribution in [0.1, 0.15) is 5.56 Å². The molecule has 0 amide bonds. The van der Waals surface area contributed by atoms with E-state index in [2.05, 4.69) is 4.40 Å². The first kappa shape index (κ1) is 8.93. The molecule has 0 N–H and O–H groups in total. The van der Waals surface area contributed by atoms with Crippen molar-refractivity contribution in [1.29, 1.82) is 0 Å². The molecule has 0 atom stereocenters. The fourth-order valence-electron chi connectivity index (χ4n) is 0.696. The van der Waals surface area contributed by atoms with Crippen molar-refractivity contribution < 1.29 is 8.42 Å². The Balaban J connectivity index is 2.85. The highest BCUT2D eigenvalue weighted by Crippen LogP contribution is 1.95. The minimum Gasteiger partial charge on any atom is -0.205 e. The number of hydrogen-bond acceptors (Lipinski definition) is 2. The van der Waals surface area contributed by atoms with Crippen LogP contribution in [0.4, 0.5) is 0 Å². The lowest BCUT2D eigenvalue weighted by Crippen LogP contribution is -1.91. The number of hydrogen-bond donors (Lipinski definition) is 0. The van der Waals surface area contributed by atoms with Crippen LogP contribution in [0.3, 0.4) is 0 Å². The predicted molar refractivity (Wildman–Crippen MR) is 48.9 cm³/mol. The summed E-state index contributed by atoms with van der Waals surface area (Å²) in [5.74, 6) is 0. The van der Waals surface area contributed by atoms with Gasteiger partial charge in [0.15, 0.2) is 0 Å². The average molecular weight is 183 g/mol. The van der Waals surface area contributed by atoms with E-state index in [1.54, 1.807) is 12.1 Å². The SMILES string of the molecule is CS(=O)(=O)/N=C\c1ccccc1. The molecule has 0 unspecified atom stereocenters. The molecule has 4 heteroatoms. The van der Waals surface area contributed by atoms with Crippen molar-refractivity contribution in [1.82, 2.24) is 0 Å². The Kier molecular flexibility index (Phi) is 2.60. The Bertz CT molecular complexity index is 367. The fraction of sp³-hybridized carbons (Fsp3) is 0.125. The van der Waals surface area contributed by atoms with Gasteiger partial charge in [0.25, 0.3) is 0 Å². The van der Waals surface area contributed by atoms with E-state index in [1.807, 2.05) is 18.2 Å². The van der Waals surface area contributed by atoms with E-state index in [0.29, 0.717) is 0 Å². The van der Waals surface area contributed by atoms with Crippen LogP contribution < -0.4 is 0 Å². The Morgan fingerprint density at radius 3 is 2.33 bits per heavy atom. The standard InChI is InChI=1S/C8H9NO2S/c1-12(10,11)9-7-8-5-3-2-4-6-8/h2-7H,1H3/b9-7-. The van der Waals surface area contributed by atoms with Crippen molar-refractivity contribution in [3.05, 3.63) is 35.9 Å². The number of benzene rings is 1. The van der Waals surface area contributed by atoms with Gasteiger partial charge in [-0.05, 0) is 5.56 Å². The molecule has 0 aromatic heterocycles. The first-order valence-corrected chi connectivity index (χ1v) is 5.23. The zero-order valence-corrected chi connectivity index (χ0v) is 7.45. The quantitative estimate of drug-likeness (QED) is 0.644. The molecule has 1 rings (SSSR count). The molecule has 0 aliphatic carbocycles. The highest BCUT2D eigenvalue weighted by molar-refractivity contribution is 7.89. The lowest BCUT2D eigenvalue weighted by molar-refractivity contribution is 0.604. The second kappa shape index (κ2) is 3.49. The third-order valence-corrected chi connectivity index (χ3v) is 1.68. The first-order valence-electron chi connectivity index (χ1n) is 3.38. The van der Waals surface area contributed by atoms with Gasteiger partial charge < -0.3 is 0 Å². The third-order valence-electron chi connectivity index (χ3n) is 1.19. The lowest BCUT2D eigenvalue weighted by Gasteiger charge is -1.89. The number of rotatable bonds is 2. The molecule has 64 valence electrons. The van der Waals surface area contributed by atoms with Gasteiger partial charge in [-0.25, -0.2) is 8.42 Å². The van der Waals surface area contributed by atoms with Crippen molar-refractivity contribution in [2.75, 3.05) is 6.26 Å². The Hall–Kier alpha value is -1.16. The van der Waals surface area contributed by atoms with Gasteiger partial charge in [-0.1, -0.05) is 30.3 Å². The minimum absolute atomic E-state index is 0.780. The summed E-state index contributed by atoms with van der Waals surface area (Å²) in [5.41, 5.74) is 0.780. The van der Waals surface area contributed by atoms with E-state index < -0.39 is 10.0 Å². The van der Waals surface area contributed by atoms with Gasteiger partial charge in [0.2, 0.25) is 10.0 Å². The van der Waals surface area contributed by atoms with E-state index in [1.165, 1.54) is 6.21 Å².